The molecule has 0 saturated heterocycles. The number of nitrogens with one attached hydrogen (secondary N) is 1. The summed E-state index contributed by atoms with van der Waals surface area (Å²) in [6.45, 7) is 3.19. The highest BCUT2D eigenvalue weighted by Crippen LogP contribution is 2.34. The topological polar surface area (TPSA) is 75.6 Å². The Morgan fingerprint density at radius 1 is 1.43 bits per heavy atom. The largest absolute Gasteiger partial charge is 0.480 e. The first-order chi connectivity index (χ1) is 10.8. The van der Waals surface area contributed by atoms with Gasteiger partial charge in [-0.25, -0.2) is 9.18 Å². The molecule has 124 valence electrons. The average Bonchev–Trinajstić information content (AvgIpc) is 2.87. The fourth-order valence-corrected chi connectivity index (χ4v) is 3.35. The first kappa shape index (κ1) is 17.4. The first-order valence-electron chi connectivity index (χ1n) is 7.08. The number of aliphatic carboxylic acids is 1. The summed E-state index contributed by atoms with van der Waals surface area (Å²) in [6.07, 6.45) is 0.229. The molecule has 1 atom stereocenters. The van der Waals surface area contributed by atoms with Crippen LogP contribution in [0.15, 0.2) is 18.2 Å². The van der Waals surface area contributed by atoms with Gasteiger partial charge in [0.15, 0.2) is 0 Å². The predicted molar refractivity (Wildman–Crippen MR) is 86.3 cm³/mol. The summed E-state index contributed by atoms with van der Waals surface area (Å²) in [5.41, 5.74) is -0.942. The second-order valence-electron chi connectivity index (χ2n) is 5.40. The smallest absolute Gasteiger partial charge is 0.329 e. The highest BCUT2D eigenvalue weighted by Gasteiger charge is 2.34. The lowest BCUT2D eigenvalue weighted by Gasteiger charge is -2.24. The van der Waals surface area contributed by atoms with Crippen molar-refractivity contribution in [2.45, 2.75) is 32.4 Å². The zero-order valence-electron chi connectivity index (χ0n) is 13.1. The van der Waals surface area contributed by atoms with Gasteiger partial charge in [0, 0.05) is 22.8 Å². The number of methoxy groups -OCH3 is 1. The van der Waals surface area contributed by atoms with Crippen molar-refractivity contribution in [1.82, 2.24) is 5.32 Å². The second kappa shape index (κ2) is 6.64. The monoisotopic (exact) mass is 339 g/mol. The van der Waals surface area contributed by atoms with E-state index < -0.39 is 23.2 Å². The molecule has 23 heavy (non-hydrogen) atoms. The summed E-state index contributed by atoms with van der Waals surface area (Å²) < 4.78 is 19.8. The zero-order valence-corrected chi connectivity index (χ0v) is 13.9. The summed E-state index contributed by atoms with van der Waals surface area (Å²) in [4.78, 5) is 24.2. The van der Waals surface area contributed by atoms with Crippen molar-refractivity contribution in [3.63, 3.8) is 0 Å². The lowest BCUT2D eigenvalue weighted by molar-refractivity contribution is -0.143. The van der Waals surface area contributed by atoms with E-state index in [2.05, 4.69) is 5.32 Å². The molecular formula is C16H18FNO4S. The zero-order chi connectivity index (χ0) is 17.2. The molecule has 1 amide bonds. The molecular weight excluding hydrogens is 321 g/mol. The number of rotatable bonds is 6. The Bertz CT molecular complexity index is 758. The van der Waals surface area contributed by atoms with E-state index in [-0.39, 0.29) is 17.9 Å². The molecule has 0 aliphatic rings. The van der Waals surface area contributed by atoms with Gasteiger partial charge in [0.2, 0.25) is 0 Å². The van der Waals surface area contributed by atoms with Crippen LogP contribution in [0.3, 0.4) is 0 Å². The number of fused-ring (bicyclic) bond motifs is 1. The van der Waals surface area contributed by atoms with Gasteiger partial charge < -0.3 is 15.2 Å². The molecule has 7 heteroatoms. The minimum Gasteiger partial charge on any atom is -0.480 e. The maximum Gasteiger partial charge on any atom is 0.329 e. The van der Waals surface area contributed by atoms with Crippen LogP contribution in [-0.2, 0) is 16.1 Å². The van der Waals surface area contributed by atoms with Gasteiger partial charge in [-0.3, -0.25) is 4.79 Å². The normalized spacial score (nSPS) is 13.7. The van der Waals surface area contributed by atoms with Gasteiger partial charge in [-0.2, -0.15) is 0 Å². The van der Waals surface area contributed by atoms with E-state index in [1.165, 1.54) is 20.1 Å². The maximum absolute atomic E-state index is 14.1. The van der Waals surface area contributed by atoms with E-state index in [0.29, 0.717) is 15.6 Å². The number of carboxylic acids is 1. The Kier molecular flexibility index (Phi) is 5.01. The Labute approximate surface area is 137 Å². The quantitative estimate of drug-likeness (QED) is 0.847. The van der Waals surface area contributed by atoms with Gasteiger partial charge in [-0.1, -0.05) is 13.0 Å². The van der Waals surface area contributed by atoms with Gasteiger partial charge in [-0.15, -0.1) is 11.3 Å². The van der Waals surface area contributed by atoms with Crippen LogP contribution in [0.1, 0.15) is 35.5 Å². The average molecular weight is 339 g/mol. The fraction of sp³-hybridized carbons (Fsp3) is 0.375. The SMILES string of the molecule is CCC(C)(NC(=O)c1sc2cccc(F)c2c1COC)C(=O)O. The van der Waals surface area contributed by atoms with Crippen molar-refractivity contribution in [2.24, 2.45) is 0 Å². The van der Waals surface area contributed by atoms with Crippen molar-refractivity contribution < 1.29 is 23.8 Å². The van der Waals surface area contributed by atoms with Gasteiger partial charge in [0.25, 0.3) is 5.91 Å². The molecule has 0 aliphatic carbocycles. The maximum atomic E-state index is 14.1. The van der Waals surface area contributed by atoms with E-state index in [4.69, 9.17) is 4.74 Å². The fourth-order valence-electron chi connectivity index (χ4n) is 2.23. The van der Waals surface area contributed by atoms with Crippen LogP contribution in [0.2, 0.25) is 0 Å². The van der Waals surface area contributed by atoms with Crippen molar-refractivity contribution in [3.8, 4) is 0 Å². The Morgan fingerprint density at radius 3 is 2.70 bits per heavy atom. The Balaban J connectivity index is 2.50. The number of hydrogen-bond donors (Lipinski definition) is 2. The highest BCUT2D eigenvalue weighted by atomic mass is 32.1. The number of benzene rings is 1. The molecule has 0 bridgehead atoms. The lowest BCUT2D eigenvalue weighted by atomic mass is 9.99. The molecule has 0 fully saturated rings. The van der Waals surface area contributed by atoms with Crippen molar-refractivity contribution in [3.05, 3.63) is 34.5 Å². The Hall–Kier alpha value is -1.99. The molecule has 0 aliphatic heterocycles. The third-order valence-electron chi connectivity index (χ3n) is 3.83. The van der Waals surface area contributed by atoms with Crippen LogP contribution in [0.4, 0.5) is 4.39 Å². The van der Waals surface area contributed by atoms with E-state index >= 15 is 0 Å². The summed E-state index contributed by atoms with van der Waals surface area (Å²) >= 11 is 1.12. The van der Waals surface area contributed by atoms with E-state index in [0.717, 1.165) is 11.3 Å². The molecule has 5 nitrogen and oxygen atoms in total. The van der Waals surface area contributed by atoms with E-state index in [1.807, 2.05) is 0 Å². The number of carbonyl (C=O) groups excluding carboxylic acids is 1. The van der Waals surface area contributed by atoms with Crippen LogP contribution in [0.25, 0.3) is 10.1 Å². The van der Waals surface area contributed by atoms with Crippen LogP contribution in [0, 0.1) is 5.82 Å². The van der Waals surface area contributed by atoms with Crippen LogP contribution >= 0.6 is 11.3 Å². The second-order valence-corrected chi connectivity index (χ2v) is 6.45. The molecule has 1 heterocycles. The molecule has 1 aromatic heterocycles. The molecule has 2 rings (SSSR count). The number of thiophene rings is 1. The summed E-state index contributed by atoms with van der Waals surface area (Å²) in [5, 5.41) is 12.2. The minimum absolute atomic E-state index is 0.0690. The third-order valence-corrected chi connectivity index (χ3v) is 5.02. The molecule has 0 spiro atoms. The predicted octanol–water partition coefficient (Wildman–Crippen LogP) is 3.17. The number of carboxylic acid groups (broad SMARTS) is 1. The molecule has 0 radical (unpaired) electrons. The summed E-state index contributed by atoms with van der Waals surface area (Å²) in [6, 6.07) is 4.61. The molecule has 0 saturated carbocycles. The summed E-state index contributed by atoms with van der Waals surface area (Å²) in [5.74, 6) is -2.08. The number of ether oxygens (including phenoxy) is 1. The van der Waals surface area contributed by atoms with E-state index in [1.54, 1.807) is 19.1 Å². The van der Waals surface area contributed by atoms with Gasteiger partial charge in [-0.05, 0) is 25.5 Å². The summed E-state index contributed by atoms with van der Waals surface area (Å²) in [7, 11) is 1.46. The number of amides is 1. The number of halogens is 1. The van der Waals surface area contributed by atoms with Crippen LogP contribution < -0.4 is 5.32 Å². The molecule has 2 aromatic rings. The molecule has 2 N–H and O–H groups in total. The Morgan fingerprint density at radius 2 is 2.13 bits per heavy atom. The molecule has 1 aromatic carbocycles. The number of hydrogen-bond acceptors (Lipinski definition) is 4. The van der Waals surface area contributed by atoms with Gasteiger partial charge in [0.05, 0.1) is 11.5 Å². The van der Waals surface area contributed by atoms with Crippen molar-refractivity contribution >= 4 is 33.3 Å². The first-order valence-corrected chi connectivity index (χ1v) is 7.90. The van der Waals surface area contributed by atoms with Crippen LogP contribution in [-0.4, -0.2) is 29.6 Å². The van der Waals surface area contributed by atoms with Crippen LogP contribution in [0.5, 0.6) is 0 Å². The minimum atomic E-state index is -1.38. The van der Waals surface area contributed by atoms with Crippen molar-refractivity contribution in [1.29, 1.82) is 0 Å². The standard InChI is InChI=1S/C16H18FNO4S/c1-4-16(2,15(20)21)18-14(19)13-9(8-22-3)12-10(17)6-5-7-11(12)23-13/h5-7H,4,8H2,1-3H3,(H,18,19)(H,20,21). The van der Waals surface area contributed by atoms with Gasteiger partial charge in [0.1, 0.15) is 11.4 Å². The molecule has 1 unspecified atom stereocenters. The van der Waals surface area contributed by atoms with Crippen molar-refractivity contribution in [2.75, 3.05) is 7.11 Å². The van der Waals surface area contributed by atoms with Gasteiger partial charge >= 0.3 is 5.97 Å². The lowest BCUT2D eigenvalue weighted by Crippen LogP contribution is -2.51. The number of carbonyl (C=O) groups is 2. The van der Waals surface area contributed by atoms with E-state index in [9.17, 15) is 19.1 Å². The highest BCUT2D eigenvalue weighted by molar-refractivity contribution is 7.21. The third kappa shape index (κ3) is 3.20.